The average molecular weight is 302 g/mol. The first-order valence-corrected chi connectivity index (χ1v) is 7.57. The highest BCUT2D eigenvalue weighted by Crippen LogP contribution is 2.22. The first-order chi connectivity index (χ1) is 9.08. The summed E-state index contributed by atoms with van der Waals surface area (Å²) in [4.78, 5) is 12.0. The number of amides is 1. The molecule has 0 bridgehead atoms. The van der Waals surface area contributed by atoms with Crippen molar-refractivity contribution in [3.8, 4) is 0 Å². The van der Waals surface area contributed by atoms with E-state index in [0.29, 0.717) is 21.5 Å². The molecule has 0 aliphatic carbocycles. The minimum atomic E-state index is -0.0893. The number of benzene rings is 1. The van der Waals surface area contributed by atoms with E-state index in [4.69, 9.17) is 23.2 Å². The van der Waals surface area contributed by atoms with E-state index < -0.39 is 0 Å². The average Bonchev–Trinajstić information content (AvgIpc) is 2.41. The van der Waals surface area contributed by atoms with Crippen molar-refractivity contribution in [2.75, 3.05) is 6.54 Å². The second-order valence-electron chi connectivity index (χ2n) is 4.76. The van der Waals surface area contributed by atoms with Gasteiger partial charge in [-0.15, -0.1) is 0 Å². The third-order valence-corrected chi connectivity index (χ3v) is 4.02. The number of halogens is 2. The molecule has 19 heavy (non-hydrogen) atoms. The molecule has 0 heterocycles. The van der Waals surface area contributed by atoms with Gasteiger partial charge in [0.2, 0.25) is 0 Å². The zero-order valence-corrected chi connectivity index (χ0v) is 13.0. The number of carbonyl (C=O) groups is 1. The molecule has 2 nitrogen and oxygen atoms in total. The minimum Gasteiger partial charge on any atom is -0.352 e. The van der Waals surface area contributed by atoms with Crippen molar-refractivity contribution in [3.63, 3.8) is 0 Å². The summed E-state index contributed by atoms with van der Waals surface area (Å²) in [5, 5.41) is 3.84. The number of carbonyl (C=O) groups excluding carboxylic acids is 1. The van der Waals surface area contributed by atoms with E-state index in [0.717, 1.165) is 19.4 Å². The first kappa shape index (κ1) is 16.3. The Kier molecular flexibility index (Phi) is 7.25. The topological polar surface area (TPSA) is 29.1 Å². The molecule has 1 N–H and O–H groups in total. The van der Waals surface area contributed by atoms with E-state index in [1.54, 1.807) is 18.2 Å². The SMILES string of the molecule is CCCC[C@@H](CC)CNC(=O)c1ccc(Cl)c(Cl)c1. The molecule has 1 amide bonds. The summed E-state index contributed by atoms with van der Waals surface area (Å²) >= 11 is 11.7. The highest BCUT2D eigenvalue weighted by Gasteiger charge is 2.11. The molecule has 106 valence electrons. The maximum Gasteiger partial charge on any atom is 0.251 e. The Hall–Kier alpha value is -0.730. The van der Waals surface area contributed by atoms with Crippen LogP contribution in [0.15, 0.2) is 18.2 Å². The summed E-state index contributed by atoms with van der Waals surface area (Å²) in [7, 11) is 0. The third kappa shape index (κ3) is 5.42. The van der Waals surface area contributed by atoms with Crippen LogP contribution in [0.5, 0.6) is 0 Å². The molecule has 0 saturated heterocycles. The Balaban J connectivity index is 2.52. The summed E-state index contributed by atoms with van der Waals surface area (Å²) in [6.45, 7) is 5.06. The molecule has 0 radical (unpaired) electrons. The molecule has 0 aromatic heterocycles. The minimum absolute atomic E-state index is 0.0893. The van der Waals surface area contributed by atoms with Gasteiger partial charge in [0.1, 0.15) is 0 Å². The van der Waals surface area contributed by atoms with Gasteiger partial charge in [-0.1, -0.05) is 56.3 Å². The summed E-state index contributed by atoms with van der Waals surface area (Å²) in [6, 6.07) is 4.94. The molecule has 0 saturated carbocycles. The van der Waals surface area contributed by atoms with Gasteiger partial charge in [-0.3, -0.25) is 4.79 Å². The van der Waals surface area contributed by atoms with Gasteiger partial charge >= 0.3 is 0 Å². The van der Waals surface area contributed by atoms with Crippen LogP contribution in [0.3, 0.4) is 0 Å². The molecule has 0 aliphatic rings. The molecular weight excluding hydrogens is 281 g/mol. The Morgan fingerprint density at radius 3 is 2.58 bits per heavy atom. The Bertz CT molecular complexity index is 421. The second kappa shape index (κ2) is 8.44. The summed E-state index contributed by atoms with van der Waals surface area (Å²) in [5.41, 5.74) is 0.555. The van der Waals surface area contributed by atoms with Gasteiger partial charge < -0.3 is 5.32 Å². The van der Waals surface area contributed by atoms with E-state index in [1.807, 2.05) is 0 Å². The normalized spacial score (nSPS) is 12.2. The number of hydrogen-bond donors (Lipinski definition) is 1. The molecular formula is C15H21Cl2NO. The van der Waals surface area contributed by atoms with E-state index >= 15 is 0 Å². The van der Waals surface area contributed by atoms with Gasteiger partial charge in [0, 0.05) is 12.1 Å². The van der Waals surface area contributed by atoms with E-state index in [2.05, 4.69) is 19.2 Å². The maximum absolute atomic E-state index is 12.0. The van der Waals surface area contributed by atoms with Gasteiger partial charge in [0.25, 0.3) is 5.91 Å². The predicted octanol–water partition coefficient (Wildman–Crippen LogP) is 4.94. The Morgan fingerprint density at radius 1 is 1.26 bits per heavy atom. The molecule has 4 heteroatoms. The van der Waals surface area contributed by atoms with Crippen LogP contribution in [0.25, 0.3) is 0 Å². The lowest BCUT2D eigenvalue weighted by Gasteiger charge is -2.15. The van der Waals surface area contributed by atoms with Crippen molar-refractivity contribution >= 4 is 29.1 Å². The quantitative estimate of drug-likeness (QED) is 0.759. The van der Waals surface area contributed by atoms with Crippen LogP contribution in [0.2, 0.25) is 10.0 Å². The van der Waals surface area contributed by atoms with Crippen LogP contribution in [-0.2, 0) is 0 Å². The Morgan fingerprint density at radius 2 is 2.00 bits per heavy atom. The summed E-state index contributed by atoms with van der Waals surface area (Å²) in [5.74, 6) is 0.459. The highest BCUT2D eigenvalue weighted by atomic mass is 35.5. The molecule has 0 aliphatic heterocycles. The van der Waals surface area contributed by atoms with Gasteiger partial charge in [-0.2, -0.15) is 0 Å². The third-order valence-electron chi connectivity index (χ3n) is 3.28. The van der Waals surface area contributed by atoms with E-state index in [1.165, 1.54) is 12.8 Å². The summed E-state index contributed by atoms with van der Waals surface area (Å²) in [6.07, 6.45) is 4.65. The first-order valence-electron chi connectivity index (χ1n) is 6.81. The second-order valence-corrected chi connectivity index (χ2v) is 5.57. The highest BCUT2D eigenvalue weighted by molar-refractivity contribution is 6.42. The van der Waals surface area contributed by atoms with Crippen molar-refractivity contribution in [1.82, 2.24) is 5.32 Å². The molecule has 1 rings (SSSR count). The monoisotopic (exact) mass is 301 g/mol. The standard InChI is InChI=1S/C15H21Cl2NO/c1-3-5-6-11(4-2)10-18-15(19)12-7-8-13(16)14(17)9-12/h7-9,11H,3-6,10H2,1-2H3,(H,18,19)/t11-/m1/s1. The summed E-state index contributed by atoms with van der Waals surface area (Å²) < 4.78 is 0. The number of hydrogen-bond acceptors (Lipinski definition) is 1. The van der Waals surface area contributed by atoms with Gasteiger partial charge in [0.05, 0.1) is 10.0 Å². The molecule has 1 aromatic rings. The van der Waals surface area contributed by atoms with Crippen LogP contribution in [0, 0.1) is 5.92 Å². The van der Waals surface area contributed by atoms with Gasteiger partial charge in [-0.25, -0.2) is 0 Å². The zero-order chi connectivity index (χ0) is 14.3. The fraction of sp³-hybridized carbons (Fsp3) is 0.533. The van der Waals surface area contributed by atoms with Crippen molar-refractivity contribution < 1.29 is 4.79 Å². The molecule has 0 spiro atoms. The van der Waals surface area contributed by atoms with Crippen LogP contribution >= 0.6 is 23.2 Å². The Labute approximate surface area is 125 Å². The zero-order valence-electron chi connectivity index (χ0n) is 11.5. The smallest absolute Gasteiger partial charge is 0.251 e. The number of nitrogens with one attached hydrogen (secondary N) is 1. The van der Waals surface area contributed by atoms with E-state index in [9.17, 15) is 4.79 Å². The molecule has 0 fully saturated rings. The number of rotatable bonds is 7. The molecule has 1 aromatic carbocycles. The van der Waals surface area contributed by atoms with Crippen molar-refractivity contribution in [3.05, 3.63) is 33.8 Å². The molecule has 1 atom stereocenters. The van der Waals surface area contributed by atoms with Crippen molar-refractivity contribution in [1.29, 1.82) is 0 Å². The molecule has 0 unspecified atom stereocenters. The van der Waals surface area contributed by atoms with Crippen LogP contribution in [-0.4, -0.2) is 12.5 Å². The van der Waals surface area contributed by atoms with Gasteiger partial charge in [-0.05, 0) is 30.5 Å². The fourth-order valence-electron chi connectivity index (χ4n) is 1.92. The van der Waals surface area contributed by atoms with E-state index in [-0.39, 0.29) is 5.91 Å². The predicted molar refractivity (Wildman–Crippen MR) is 82.1 cm³/mol. The lowest BCUT2D eigenvalue weighted by molar-refractivity contribution is 0.0946. The lowest BCUT2D eigenvalue weighted by atomic mass is 9.99. The maximum atomic E-state index is 12.0. The van der Waals surface area contributed by atoms with Crippen molar-refractivity contribution in [2.45, 2.75) is 39.5 Å². The van der Waals surface area contributed by atoms with Crippen LogP contribution in [0.4, 0.5) is 0 Å². The van der Waals surface area contributed by atoms with Crippen molar-refractivity contribution in [2.24, 2.45) is 5.92 Å². The number of unbranched alkanes of at least 4 members (excludes halogenated alkanes) is 1. The fourth-order valence-corrected chi connectivity index (χ4v) is 2.22. The largest absolute Gasteiger partial charge is 0.352 e. The van der Waals surface area contributed by atoms with Crippen LogP contribution in [0.1, 0.15) is 49.9 Å². The van der Waals surface area contributed by atoms with Gasteiger partial charge in [0.15, 0.2) is 0 Å². The lowest BCUT2D eigenvalue weighted by Crippen LogP contribution is -2.29. The van der Waals surface area contributed by atoms with Crippen LogP contribution < -0.4 is 5.32 Å².